The van der Waals surface area contributed by atoms with Crippen LogP contribution < -0.4 is 4.74 Å². The predicted molar refractivity (Wildman–Crippen MR) is 124 cm³/mol. The first kappa shape index (κ1) is 25.1. The molecule has 0 aliphatic heterocycles. The zero-order valence-corrected chi connectivity index (χ0v) is 20.0. The summed E-state index contributed by atoms with van der Waals surface area (Å²) in [4.78, 5) is 13.3. The van der Waals surface area contributed by atoms with Crippen molar-refractivity contribution in [2.45, 2.75) is 59.3 Å². The van der Waals surface area contributed by atoms with Crippen LogP contribution in [-0.4, -0.2) is 18.2 Å². The van der Waals surface area contributed by atoms with E-state index in [0.717, 1.165) is 68.5 Å². The number of hydrogen-bond donors (Lipinski definition) is 0. The Balaban J connectivity index is 1.54. The number of carbonyl (C=O) groups is 1. The second-order valence-electron chi connectivity index (χ2n) is 8.49. The molecule has 0 N–H and O–H groups in total. The van der Waals surface area contributed by atoms with Gasteiger partial charge in [0.25, 0.3) is 0 Å². The number of benzene rings is 3. The van der Waals surface area contributed by atoms with E-state index in [1.807, 2.05) is 6.92 Å². The summed E-state index contributed by atoms with van der Waals surface area (Å²) in [6.07, 6.45) is 4.55. The van der Waals surface area contributed by atoms with Gasteiger partial charge in [-0.1, -0.05) is 6.92 Å². The lowest BCUT2D eigenvalue weighted by Gasteiger charge is -2.27. The van der Waals surface area contributed by atoms with Gasteiger partial charge in [0.2, 0.25) is 0 Å². The molecule has 0 unspecified atom stereocenters. The topological polar surface area (TPSA) is 35.5 Å². The van der Waals surface area contributed by atoms with Crippen molar-refractivity contribution in [3.63, 3.8) is 0 Å². The maximum absolute atomic E-state index is 14.0. The second kappa shape index (κ2) is 10.7. The Morgan fingerprint density at radius 3 is 1.74 bits per heavy atom. The first-order valence-corrected chi connectivity index (χ1v) is 12.6. The lowest BCUT2D eigenvalue weighted by Crippen LogP contribution is -2.33. The summed E-state index contributed by atoms with van der Waals surface area (Å²) >= 11 is 0. The largest absolute Gasteiger partial charge is 0.482 e. The van der Waals surface area contributed by atoms with E-state index in [0.29, 0.717) is 10.6 Å². The van der Waals surface area contributed by atoms with Crippen LogP contribution in [0.25, 0.3) is 0 Å². The Hall–Kier alpha value is -3.00. The van der Waals surface area contributed by atoms with Crippen LogP contribution in [0.3, 0.4) is 0 Å². The number of ether oxygens (including phenoxy) is 2. The van der Waals surface area contributed by atoms with E-state index in [-0.39, 0.29) is 16.4 Å². The van der Waals surface area contributed by atoms with Crippen molar-refractivity contribution in [3.8, 4) is 5.75 Å². The van der Waals surface area contributed by atoms with E-state index < -0.39 is 45.7 Å². The van der Waals surface area contributed by atoms with Gasteiger partial charge in [-0.05, 0) is 56.4 Å². The van der Waals surface area contributed by atoms with Crippen molar-refractivity contribution in [1.29, 1.82) is 0 Å². The van der Waals surface area contributed by atoms with E-state index in [4.69, 9.17) is 9.47 Å². The molecular formula is C27H25F4O3S+. The quantitative estimate of drug-likeness (QED) is 0.188. The molecule has 35 heavy (non-hydrogen) atoms. The molecule has 0 atom stereocenters. The van der Waals surface area contributed by atoms with Crippen LogP contribution in [-0.2, 0) is 20.4 Å². The molecule has 1 aliphatic rings. The zero-order chi connectivity index (χ0) is 25.0. The number of hydrogen-bond acceptors (Lipinski definition) is 3. The number of carbonyl (C=O) groups excluding carboxylic acids is 1. The summed E-state index contributed by atoms with van der Waals surface area (Å²) < 4.78 is 67.1. The minimum Gasteiger partial charge on any atom is -0.482 e. The molecule has 0 spiro atoms. The fourth-order valence-corrected chi connectivity index (χ4v) is 6.48. The van der Waals surface area contributed by atoms with Crippen LogP contribution in [0.4, 0.5) is 17.6 Å². The van der Waals surface area contributed by atoms with Crippen molar-refractivity contribution in [2.75, 3.05) is 6.61 Å². The highest BCUT2D eigenvalue weighted by Gasteiger charge is 2.36. The molecule has 0 aromatic heterocycles. The average Bonchev–Trinajstić information content (AvgIpc) is 3.26. The summed E-state index contributed by atoms with van der Waals surface area (Å²) in [5, 5.41) is 0. The van der Waals surface area contributed by atoms with Gasteiger partial charge in [-0.3, -0.25) is 0 Å². The maximum atomic E-state index is 14.0. The van der Waals surface area contributed by atoms with Crippen LogP contribution in [0.5, 0.6) is 5.75 Å². The first-order chi connectivity index (χ1) is 16.8. The fraction of sp³-hybridized carbons (Fsp3) is 0.296. The molecule has 3 nitrogen and oxygen atoms in total. The smallest absolute Gasteiger partial charge is 0.344 e. The minimum atomic E-state index is -1.19. The lowest BCUT2D eigenvalue weighted by molar-refractivity contribution is -0.162. The highest BCUT2D eigenvalue weighted by molar-refractivity contribution is 7.97. The normalized spacial score (nSPS) is 14.8. The average molecular weight is 506 g/mol. The number of halogens is 4. The number of esters is 1. The molecule has 3 aromatic rings. The lowest BCUT2D eigenvalue weighted by atomic mass is 9.99. The summed E-state index contributed by atoms with van der Waals surface area (Å²) in [7, 11) is -1.19. The van der Waals surface area contributed by atoms with E-state index in [1.165, 1.54) is 0 Å². The molecule has 0 heterocycles. The van der Waals surface area contributed by atoms with Gasteiger partial charge < -0.3 is 9.47 Å². The molecule has 0 radical (unpaired) electrons. The Bertz CT molecular complexity index is 1100. The van der Waals surface area contributed by atoms with Gasteiger partial charge in [0.05, 0.1) is 10.9 Å². The Kier molecular flexibility index (Phi) is 7.69. The van der Waals surface area contributed by atoms with Gasteiger partial charge in [0, 0.05) is 36.4 Å². The third-order valence-corrected chi connectivity index (χ3v) is 8.21. The van der Waals surface area contributed by atoms with Crippen LogP contribution >= 0.6 is 0 Å². The molecule has 1 saturated carbocycles. The summed E-state index contributed by atoms with van der Waals surface area (Å²) in [6, 6.07) is 12.5. The summed E-state index contributed by atoms with van der Waals surface area (Å²) in [5.41, 5.74) is -0.404. The Morgan fingerprint density at radius 2 is 1.29 bits per heavy atom. The molecule has 0 saturated heterocycles. The monoisotopic (exact) mass is 505 g/mol. The van der Waals surface area contributed by atoms with Gasteiger partial charge in [-0.2, -0.15) is 0 Å². The third-order valence-electron chi connectivity index (χ3n) is 6.05. The van der Waals surface area contributed by atoms with Crippen LogP contribution in [0.15, 0.2) is 75.4 Å². The van der Waals surface area contributed by atoms with E-state index in [9.17, 15) is 22.4 Å². The first-order valence-electron chi connectivity index (χ1n) is 11.4. The second-order valence-corrected chi connectivity index (χ2v) is 10.5. The fourth-order valence-electron chi connectivity index (χ4n) is 4.33. The van der Waals surface area contributed by atoms with Crippen LogP contribution in [0.1, 0.15) is 39.0 Å². The third kappa shape index (κ3) is 6.17. The van der Waals surface area contributed by atoms with E-state index >= 15 is 0 Å². The molecular weight excluding hydrogens is 480 g/mol. The zero-order valence-electron chi connectivity index (χ0n) is 19.2. The molecule has 4 rings (SSSR count). The van der Waals surface area contributed by atoms with Crippen molar-refractivity contribution in [2.24, 2.45) is 0 Å². The highest BCUT2D eigenvalue weighted by Crippen LogP contribution is 2.36. The molecule has 3 aromatic carbocycles. The molecule has 1 aliphatic carbocycles. The highest BCUT2D eigenvalue weighted by atomic mass is 32.2. The van der Waals surface area contributed by atoms with Crippen LogP contribution in [0, 0.1) is 23.3 Å². The molecule has 184 valence electrons. The van der Waals surface area contributed by atoms with Gasteiger partial charge in [0.1, 0.15) is 34.6 Å². The van der Waals surface area contributed by atoms with Gasteiger partial charge in [-0.15, -0.1) is 0 Å². The van der Waals surface area contributed by atoms with Gasteiger partial charge in [-0.25, -0.2) is 22.4 Å². The SMILES string of the molecule is CCC1(OC(=O)COc2ccc([S+](c3cc(F)cc(F)c3)c3cc(F)cc(F)c3)cc2)CCCC1. The molecule has 0 bridgehead atoms. The standard InChI is InChI=1S/C27H25F4O3S/c1-2-27(9-3-4-10-27)34-26(32)17-33-22-5-7-23(8-6-22)35(24-13-18(28)11-19(29)14-24)25-15-20(30)12-21(31)16-25/h5-8,11-16H,2-4,9-10,17H2,1H3/q+1. The Labute approximate surface area is 204 Å². The Morgan fingerprint density at radius 1 is 0.800 bits per heavy atom. The predicted octanol–water partition coefficient (Wildman–Crippen LogP) is 6.98. The van der Waals surface area contributed by atoms with Crippen molar-refractivity contribution >= 4 is 16.9 Å². The van der Waals surface area contributed by atoms with Crippen molar-refractivity contribution in [1.82, 2.24) is 0 Å². The molecule has 8 heteroatoms. The van der Waals surface area contributed by atoms with Gasteiger partial charge in [0.15, 0.2) is 21.3 Å². The number of rotatable bonds is 8. The summed E-state index contributed by atoms with van der Waals surface area (Å²) in [5.74, 6) is -3.22. The van der Waals surface area contributed by atoms with Gasteiger partial charge >= 0.3 is 5.97 Å². The molecule has 0 amide bonds. The van der Waals surface area contributed by atoms with Crippen molar-refractivity contribution in [3.05, 3.63) is 83.9 Å². The molecule has 1 fully saturated rings. The minimum absolute atomic E-state index is 0.228. The van der Waals surface area contributed by atoms with Crippen molar-refractivity contribution < 1.29 is 31.8 Å². The van der Waals surface area contributed by atoms with E-state index in [2.05, 4.69) is 0 Å². The van der Waals surface area contributed by atoms with Crippen LogP contribution in [0.2, 0.25) is 0 Å². The maximum Gasteiger partial charge on any atom is 0.344 e. The summed E-state index contributed by atoms with van der Waals surface area (Å²) in [6.45, 7) is 1.75. The van der Waals surface area contributed by atoms with E-state index in [1.54, 1.807) is 24.3 Å².